The van der Waals surface area contributed by atoms with E-state index in [-0.39, 0.29) is 5.41 Å². The highest BCUT2D eigenvalue weighted by molar-refractivity contribution is 5.79. The molecule has 0 spiro atoms. The van der Waals surface area contributed by atoms with E-state index in [1.54, 1.807) is 28.4 Å². The summed E-state index contributed by atoms with van der Waals surface area (Å²) in [7, 11) is 6.73. The van der Waals surface area contributed by atoms with Crippen LogP contribution in [0.5, 0.6) is 17.2 Å². The maximum absolute atomic E-state index is 5.89. The number of hydrogen-bond acceptors (Lipinski definition) is 5. The maximum Gasteiger partial charge on any atom is 0.191 e. The van der Waals surface area contributed by atoms with Crippen molar-refractivity contribution >= 4 is 5.96 Å². The summed E-state index contributed by atoms with van der Waals surface area (Å²) < 4.78 is 21.8. The second-order valence-electron chi connectivity index (χ2n) is 8.19. The molecular weight excluding hydrogens is 406 g/mol. The molecule has 7 heteroatoms. The quantitative estimate of drug-likeness (QED) is 0.314. The van der Waals surface area contributed by atoms with Crippen LogP contribution in [0.3, 0.4) is 0 Å². The van der Waals surface area contributed by atoms with Gasteiger partial charge in [0.05, 0.1) is 20.8 Å². The van der Waals surface area contributed by atoms with Crippen LogP contribution in [0, 0.1) is 6.92 Å². The minimum Gasteiger partial charge on any atom is -0.493 e. The molecular formula is C25H37N3O4. The van der Waals surface area contributed by atoms with E-state index in [4.69, 9.17) is 18.9 Å². The van der Waals surface area contributed by atoms with E-state index in [2.05, 4.69) is 54.6 Å². The van der Waals surface area contributed by atoms with Crippen molar-refractivity contribution < 1.29 is 18.9 Å². The van der Waals surface area contributed by atoms with E-state index in [0.717, 1.165) is 39.9 Å². The first-order valence-electron chi connectivity index (χ1n) is 10.7. The highest BCUT2D eigenvalue weighted by Crippen LogP contribution is 2.32. The second kappa shape index (κ2) is 12.2. The number of hydrogen-bond donors (Lipinski definition) is 2. The van der Waals surface area contributed by atoms with Crippen LogP contribution in [-0.2, 0) is 16.7 Å². The molecule has 0 aliphatic heterocycles. The molecule has 176 valence electrons. The summed E-state index contributed by atoms with van der Waals surface area (Å²) in [5.41, 5.74) is 3.20. The van der Waals surface area contributed by atoms with Gasteiger partial charge in [-0.2, -0.15) is 0 Å². The number of ether oxygens (including phenoxy) is 4. The summed E-state index contributed by atoms with van der Waals surface area (Å²) in [5, 5.41) is 6.82. The highest BCUT2D eigenvalue weighted by Gasteiger charge is 2.23. The molecule has 32 heavy (non-hydrogen) atoms. The molecule has 0 fully saturated rings. The van der Waals surface area contributed by atoms with Crippen LogP contribution in [0.1, 0.15) is 30.5 Å². The van der Waals surface area contributed by atoms with Crippen LogP contribution in [0.15, 0.2) is 41.4 Å². The Hall–Kier alpha value is -2.93. The van der Waals surface area contributed by atoms with Gasteiger partial charge in [-0.15, -0.1) is 0 Å². The fourth-order valence-electron chi connectivity index (χ4n) is 3.24. The zero-order chi connectivity index (χ0) is 23.6. The van der Waals surface area contributed by atoms with Crippen molar-refractivity contribution in [3.05, 3.63) is 53.1 Å². The predicted octanol–water partition coefficient (Wildman–Crippen LogP) is 3.68. The molecule has 0 heterocycles. The number of methoxy groups -OCH3 is 3. The lowest BCUT2D eigenvalue weighted by Crippen LogP contribution is -2.43. The molecule has 2 aromatic rings. The van der Waals surface area contributed by atoms with Crippen LogP contribution in [0.4, 0.5) is 0 Å². The van der Waals surface area contributed by atoms with Gasteiger partial charge in [-0.3, -0.25) is 4.99 Å². The van der Waals surface area contributed by atoms with Crippen molar-refractivity contribution in [1.29, 1.82) is 0 Å². The number of guanidine groups is 1. The van der Waals surface area contributed by atoms with E-state index < -0.39 is 0 Å². The standard InChI is InChI=1S/C25H37N3O4/c1-18-8-9-19(22(14-18)32-13-12-29-5)16-27-24(26-4)28-17-25(2,3)20-10-11-21(30-6)23(15-20)31-7/h8-11,14-15H,12-13,16-17H2,1-7H3,(H2,26,27,28). The van der Waals surface area contributed by atoms with Gasteiger partial charge in [-0.1, -0.05) is 32.0 Å². The van der Waals surface area contributed by atoms with Gasteiger partial charge in [0.1, 0.15) is 12.4 Å². The summed E-state index contributed by atoms with van der Waals surface area (Å²) in [6.07, 6.45) is 0. The first-order valence-corrected chi connectivity index (χ1v) is 10.7. The molecule has 0 aliphatic carbocycles. The molecule has 0 bridgehead atoms. The smallest absolute Gasteiger partial charge is 0.191 e. The average Bonchev–Trinajstić information content (AvgIpc) is 2.79. The average molecular weight is 444 g/mol. The summed E-state index contributed by atoms with van der Waals surface area (Å²) in [4.78, 5) is 4.37. The zero-order valence-electron chi connectivity index (χ0n) is 20.4. The van der Waals surface area contributed by atoms with Gasteiger partial charge < -0.3 is 29.6 Å². The topological polar surface area (TPSA) is 73.3 Å². The number of nitrogens with zero attached hydrogens (tertiary/aromatic N) is 1. The number of rotatable bonds is 11. The summed E-state index contributed by atoms with van der Waals surface area (Å²) >= 11 is 0. The Morgan fingerprint density at radius 2 is 1.66 bits per heavy atom. The van der Waals surface area contributed by atoms with Gasteiger partial charge in [0.25, 0.3) is 0 Å². The summed E-state index contributed by atoms with van der Waals surface area (Å²) in [5.74, 6) is 3.03. The van der Waals surface area contributed by atoms with E-state index in [9.17, 15) is 0 Å². The van der Waals surface area contributed by atoms with Crippen LogP contribution >= 0.6 is 0 Å². The van der Waals surface area contributed by atoms with E-state index >= 15 is 0 Å². The van der Waals surface area contributed by atoms with Crippen LogP contribution < -0.4 is 24.8 Å². The molecule has 0 saturated carbocycles. The minimum atomic E-state index is -0.157. The highest BCUT2D eigenvalue weighted by atomic mass is 16.5. The van der Waals surface area contributed by atoms with Gasteiger partial charge >= 0.3 is 0 Å². The molecule has 0 radical (unpaired) electrons. The van der Waals surface area contributed by atoms with Crippen LogP contribution in [0.2, 0.25) is 0 Å². The summed E-state index contributed by atoms with van der Waals surface area (Å²) in [6, 6.07) is 12.2. The van der Waals surface area contributed by atoms with Crippen molar-refractivity contribution in [3.8, 4) is 17.2 Å². The number of aliphatic imine (C=N–C) groups is 1. The van der Waals surface area contributed by atoms with Gasteiger partial charge in [-0.05, 0) is 36.2 Å². The largest absolute Gasteiger partial charge is 0.493 e. The summed E-state index contributed by atoms with van der Waals surface area (Å²) in [6.45, 7) is 8.75. The minimum absolute atomic E-state index is 0.157. The monoisotopic (exact) mass is 443 g/mol. The van der Waals surface area contributed by atoms with Gasteiger partial charge in [0, 0.05) is 38.2 Å². The van der Waals surface area contributed by atoms with E-state index in [1.165, 1.54) is 0 Å². The number of benzene rings is 2. The second-order valence-corrected chi connectivity index (χ2v) is 8.19. The number of nitrogens with one attached hydrogen (secondary N) is 2. The fourth-order valence-corrected chi connectivity index (χ4v) is 3.24. The van der Waals surface area contributed by atoms with Crippen molar-refractivity contribution in [3.63, 3.8) is 0 Å². The van der Waals surface area contributed by atoms with Crippen LogP contribution in [-0.4, -0.2) is 54.1 Å². The molecule has 2 N–H and O–H groups in total. The molecule has 0 unspecified atom stereocenters. The van der Waals surface area contributed by atoms with Gasteiger partial charge in [0.2, 0.25) is 0 Å². The Balaban J connectivity index is 2.01. The lowest BCUT2D eigenvalue weighted by atomic mass is 9.84. The molecule has 0 atom stereocenters. The molecule has 2 rings (SSSR count). The van der Waals surface area contributed by atoms with Gasteiger partial charge in [-0.25, -0.2) is 0 Å². The molecule has 0 aromatic heterocycles. The van der Waals surface area contributed by atoms with Crippen molar-refractivity contribution in [2.75, 3.05) is 48.1 Å². The Kier molecular flexibility index (Phi) is 9.65. The first kappa shape index (κ1) is 25.3. The Labute approximate surface area is 192 Å². The molecule has 0 aliphatic rings. The first-order chi connectivity index (χ1) is 15.3. The normalized spacial score (nSPS) is 11.8. The van der Waals surface area contributed by atoms with Crippen molar-refractivity contribution in [2.24, 2.45) is 4.99 Å². The molecule has 7 nitrogen and oxygen atoms in total. The van der Waals surface area contributed by atoms with Gasteiger partial charge in [0.15, 0.2) is 17.5 Å². The molecule has 2 aromatic carbocycles. The lowest BCUT2D eigenvalue weighted by molar-refractivity contribution is 0.145. The number of aryl methyl sites for hydroxylation is 1. The third kappa shape index (κ3) is 7.05. The Morgan fingerprint density at radius 3 is 2.31 bits per heavy atom. The lowest BCUT2D eigenvalue weighted by Gasteiger charge is -2.27. The Morgan fingerprint density at radius 1 is 0.906 bits per heavy atom. The van der Waals surface area contributed by atoms with E-state index in [0.29, 0.717) is 26.3 Å². The third-order valence-corrected chi connectivity index (χ3v) is 5.30. The predicted molar refractivity (Wildman–Crippen MR) is 129 cm³/mol. The molecule has 0 amide bonds. The fraction of sp³-hybridized carbons (Fsp3) is 0.480. The SMILES string of the molecule is CN=C(NCc1ccc(C)cc1OCCOC)NCC(C)(C)c1ccc(OC)c(OC)c1. The van der Waals surface area contributed by atoms with Crippen molar-refractivity contribution in [2.45, 2.75) is 32.7 Å². The zero-order valence-corrected chi connectivity index (χ0v) is 20.4. The van der Waals surface area contributed by atoms with E-state index in [1.807, 2.05) is 18.2 Å². The maximum atomic E-state index is 5.89. The molecule has 0 saturated heterocycles. The van der Waals surface area contributed by atoms with Crippen LogP contribution in [0.25, 0.3) is 0 Å². The Bertz CT molecular complexity index is 897. The third-order valence-electron chi connectivity index (χ3n) is 5.30. The van der Waals surface area contributed by atoms with Crippen molar-refractivity contribution in [1.82, 2.24) is 10.6 Å².